The first-order valence-corrected chi connectivity index (χ1v) is 7.85. The molecule has 0 saturated carbocycles. The van der Waals surface area contributed by atoms with Crippen LogP contribution in [0.15, 0.2) is 23.3 Å². The Morgan fingerprint density at radius 2 is 2.00 bits per heavy atom. The molecule has 24 heavy (non-hydrogen) atoms. The average molecular weight is 447 g/mol. The number of aliphatic imine (C=N–C) groups is 1. The smallest absolute Gasteiger partial charge is 0.240 e. The van der Waals surface area contributed by atoms with E-state index in [0.29, 0.717) is 5.96 Å². The summed E-state index contributed by atoms with van der Waals surface area (Å²) in [7, 11) is 3.57. The Labute approximate surface area is 162 Å². The number of nitrogens with zero attached hydrogens (tertiary/aromatic N) is 3. The van der Waals surface area contributed by atoms with E-state index in [1.54, 1.807) is 7.05 Å². The van der Waals surface area contributed by atoms with Crippen LogP contribution in [0.25, 0.3) is 0 Å². The van der Waals surface area contributed by atoms with Crippen LogP contribution in [0.1, 0.15) is 32.0 Å². The zero-order valence-corrected chi connectivity index (χ0v) is 17.8. The van der Waals surface area contributed by atoms with Crippen LogP contribution in [0.2, 0.25) is 0 Å². The van der Waals surface area contributed by atoms with Crippen molar-refractivity contribution in [1.29, 1.82) is 0 Å². The van der Waals surface area contributed by atoms with Gasteiger partial charge in [0.25, 0.3) is 0 Å². The maximum absolute atomic E-state index is 12.0. The zero-order chi connectivity index (χ0) is 17.5. The molecule has 0 aliphatic heterocycles. The third kappa shape index (κ3) is 9.05. The number of hydrogen-bond acceptors (Lipinski definition) is 3. The molecule has 136 valence electrons. The highest BCUT2D eigenvalue weighted by Gasteiger charge is 2.16. The molecule has 6 nitrogen and oxygen atoms in total. The highest BCUT2D eigenvalue weighted by Crippen LogP contribution is 2.00. The zero-order valence-electron chi connectivity index (χ0n) is 15.5. The standard InChI is InChI=1S/C17H29N5O.HI/c1-13-7-8-14(11-20-13)9-10-19-16(18-5)22(6)12-15(23)21-17(2,3)4;/h7-8,11H,9-10,12H2,1-6H3,(H,18,19)(H,21,23);1H. The second-order valence-corrected chi connectivity index (χ2v) is 6.69. The lowest BCUT2D eigenvalue weighted by molar-refractivity contribution is -0.122. The van der Waals surface area contributed by atoms with Crippen molar-refractivity contribution in [1.82, 2.24) is 20.5 Å². The van der Waals surface area contributed by atoms with Gasteiger partial charge in [-0.05, 0) is 45.7 Å². The number of carbonyl (C=O) groups is 1. The van der Waals surface area contributed by atoms with Crippen molar-refractivity contribution in [2.24, 2.45) is 4.99 Å². The van der Waals surface area contributed by atoms with Gasteiger partial charge in [0.1, 0.15) is 0 Å². The van der Waals surface area contributed by atoms with Crippen LogP contribution in [0, 0.1) is 6.92 Å². The summed E-state index contributed by atoms with van der Waals surface area (Å²) in [6.45, 7) is 8.88. The molecule has 0 spiro atoms. The number of pyridine rings is 1. The third-order valence-corrected chi connectivity index (χ3v) is 3.14. The van der Waals surface area contributed by atoms with Gasteiger partial charge in [-0.1, -0.05) is 6.07 Å². The highest BCUT2D eigenvalue weighted by molar-refractivity contribution is 14.0. The number of likely N-dealkylation sites (N-methyl/N-ethyl adjacent to an activating group) is 1. The van der Waals surface area contributed by atoms with Gasteiger partial charge in [-0.2, -0.15) is 0 Å². The van der Waals surface area contributed by atoms with Gasteiger partial charge in [0.05, 0.1) is 6.54 Å². The summed E-state index contributed by atoms with van der Waals surface area (Å²) < 4.78 is 0. The van der Waals surface area contributed by atoms with E-state index in [2.05, 4.69) is 26.7 Å². The van der Waals surface area contributed by atoms with Gasteiger partial charge in [0.15, 0.2) is 5.96 Å². The van der Waals surface area contributed by atoms with Gasteiger partial charge >= 0.3 is 0 Å². The van der Waals surface area contributed by atoms with E-state index in [1.807, 2.05) is 51.9 Å². The SMILES string of the molecule is CN=C(NCCc1ccc(C)nc1)N(C)CC(=O)NC(C)(C)C.I. The molecule has 1 aromatic heterocycles. The van der Waals surface area contributed by atoms with E-state index in [0.717, 1.165) is 18.7 Å². The summed E-state index contributed by atoms with van der Waals surface area (Å²) in [4.78, 5) is 22.3. The molecule has 0 unspecified atom stereocenters. The minimum absolute atomic E-state index is 0. The summed E-state index contributed by atoms with van der Waals surface area (Å²) in [5, 5.41) is 6.21. The van der Waals surface area contributed by atoms with Gasteiger partial charge < -0.3 is 15.5 Å². The molecule has 0 fully saturated rings. The Morgan fingerprint density at radius 3 is 2.50 bits per heavy atom. The summed E-state index contributed by atoms with van der Waals surface area (Å²) in [5.41, 5.74) is 1.96. The van der Waals surface area contributed by atoms with Crippen LogP contribution in [-0.4, -0.2) is 54.5 Å². The third-order valence-electron chi connectivity index (χ3n) is 3.14. The van der Waals surface area contributed by atoms with Gasteiger partial charge in [0, 0.05) is 38.1 Å². The van der Waals surface area contributed by atoms with E-state index in [-0.39, 0.29) is 42.0 Å². The number of halogens is 1. The maximum Gasteiger partial charge on any atom is 0.240 e. The minimum Gasteiger partial charge on any atom is -0.356 e. The Morgan fingerprint density at radius 1 is 1.33 bits per heavy atom. The number of aryl methyl sites for hydroxylation is 1. The summed E-state index contributed by atoms with van der Waals surface area (Å²) in [5.74, 6) is 0.680. The maximum atomic E-state index is 12.0. The quantitative estimate of drug-likeness (QED) is 0.412. The number of rotatable bonds is 5. The molecule has 0 bridgehead atoms. The topological polar surface area (TPSA) is 69.6 Å². The van der Waals surface area contributed by atoms with Gasteiger partial charge in [-0.25, -0.2) is 0 Å². The van der Waals surface area contributed by atoms with Crippen molar-refractivity contribution in [3.05, 3.63) is 29.6 Å². The predicted molar refractivity (Wildman–Crippen MR) is 110 cm³/mol. The fourth-order valence-corrected chi connectivity index (χ4v) is 2.10. The number of amides is 1. The Hall–Kier alpha value is -1.38. The molecule has 0 aliphatic rings. The fourth-order valence-electron chi connectivity index (χ4n) is 2.10. The molecule has 0 atom stereocenters. The van der Waals surface area contributed by atoms with Gasteiger partial charge in [-0.15, -0.1) is 24.0 Å². The summed E-state index contributed by atoms with van der Waals surface area (Å²) >= 11 is 0. The summed E-state index contributed by atoms with van der Waals surface area (Å²) in [6.07, 6.45) is 2.74. The molecule has 1 aromatic rings. The van der Waals surface area contributed by atoms with Crippen LogP contribution in [-0.2, 0) is 11.2 Å². The lowest BCUT2D eigenvalue weighted by Crippen LogP contribution is -2.49. The molecule has 1 amide bonds. The number of carbonyl (C=O) groups excluding carboxylic acids is 1. The average Bonchev–Trinajstić information content (AvgIpc) is 2.43. The van der Waals surface area contributed by atoms with Crippen molar-refractivity contribution in [3.63, 3.8) is 0 Å². The molecular formula is C17H30IN5O. The second kappa shape index (κ2) is 10.5. The first-order valence-electron chi connectivity index (χ1n) is 7.85. The van der Waals surface area contributed by atoms with E-state index in [1.165, 1.54) is 5.56 Å². The molecule has 0 saturated heterocycles. The van der Waals surface area contributed by atoms with E-state index < -0.39 is 0 Å². The lowest BCUT2D eigenvalue weighted by atomic mass is 10.1. The second-order valence-electron chi connectivity index (χ2n) is 6.69. The monoisotopic (exact) mass is 447 g/mol. The first-order chi connectivity index (χ1) is 10.7. The van der Waals surface area contributed by atoms with E-state index >= 15 is 0 Å². The highest BCUT2D eigenvalue weighted by atomic mass is 127. The molecule has 1 rings (SSSR count). The van der Waals surface area contributed by atoms with Gasteiger partial charge in [-0.3, -0.25) is 14.8 Å². The Balaban J connectivity index is 0.00000529. The van der Waals surface area contributed by atoms with Crippen LogP contribution < -0.4 is 10.6 Å². The Kier molecular flexibility index (Phi) is 9.88. The predicted octanol–water partition coefficient (Wildman–Crippen LogP) is 1.97. The molecule has 2 N–H and O–H groups in total. The van der Waals surface area contributed by atoms with Crippen molar-refractivity contribution >= 4 is 35.8 Å². The van der Waals surface area contributed by atoms with Gasteiger partial charge in [0.2, 0.25) is 5.91 Å². The van der Waals surface area contributed by atoms with Crippen molar-refractivity contribution in [2.75, 3.05) is 27.2 Å². The normalized spacial score (nSPS) is 11.5. The molecule has 1 heterocycles. The van der Waals surface area contributed by atoms with Crippen LogP contribution in [0.3, 0.4) is 0 Å². The Bertz CT molecular complexity index is 537. The molecule has 0 aliphatic carbocycles. The van der Waals surface area contributed by atoms with Crippen molar-refractivity contribution in [3.8, 4) is 0 Å². The number of nitrogens with one attached hydrogen (secondary N) is 2. The molecular weight excluding hydrogens is 417 g/mol. The largest absolute Gasteiger partial charge is 0.356 e. The summed E-state index contributed by atoms with van der Waals surface area (Å²) in [6, 6.07) is 4.08. The fraction of sp³-hybridized carbons (Fsp3) is 0.588. The minimum atomic E-state index is -0.229. The van der Waals surface area contributed by atoms with Crippen LogP contribution in [0.4, 0.5) is 0 Å². The van der Waals surface area contributed by atoms with Crippen molar-refractivity contribution in [2.45, 2.75) is 39.7 Å². The van der Waals surface area contributed by atoms with Crippen LogP contribution in [0.5, 0.6) is 0 Å². The lowest BCUT2D eigenvalue weighted by Gasteiger charge is -2.25. The first kappa shape index (κ1) is 22.6. The van der Waals surface area contributed by atoms with E-state index in [9.17, 15) is 4.79 Å². The number of hydrogen-bond donors (Lipinski definition) is 2. The number of aromatic nitrogens is 1. The number of guanidine groups is 1. The molecule has 0 aromatic carbocycles. The van der Waals surface area contributed by atoms with Crippen molar-refractivity contribution < 1.29 is 4.79 Å². The molecule has 0 radical (unpaired) electrons. The molecule has 7 heteroatoms. The van der Waals surface area contributed by atoms with E-state index in [4.69, 9.17) is 0 Å². The van der Waals surface area contributed by atoms with Crippen LogP contribution >= 0.6 is 24.0 Å².